The Balaban J connectivity index is 1.82. The van der Waals surface area contributed by atoms with Crippen molar-refractivity contribution in [2.75, 3.05) is 11.9 Å². The molecule has 1 aliphatic heterocycles. The van der Waals surface area contributed by atoms with E-state index in [1.165, 1.54) is 36.4 Å². The quantitative estimate of drug-likeness (QED) is 0.871. The fourth-order valence-corrected chi connectivity index (χ4v) is 3.51. The molecule has 0 spiro atoms. The number of anilines is 1. The standard InChI is InChI=1S/C16H17F2N3/c17-11-6-5-10(9-12(11)18)14-7-8-19-16-20-13-3-1-2-4-15(13)21(14)16/h5-6,9,14H,1-4,7-8H2,(H,19,20). The van der Waals surface area contributed by atoms with Crippen LogP contribution in [0.4, 0.5) is 14.7 Å². The summed E-state index contributed by atoms with van der Waals surface area (Å²) >= 11 is 0. The maximum Gasteiger partial charge on any atom is 0.203 e. The monoisotopic (exact) mass is 289 g/mol. The molecule has 1 unspecified atom stereocenters. The number of hydrogen-bond donors (Lipinski definition) is 1. The van der Waals surface area contributed by atoms with Crippen LogP contribution in [-0.2, 0) is 12.8 Å². The summed E-state index contributed by atoms with van der Waals surface area (Å²) in [6, 6.07) is 4.28. The fraction of sp³-hybridized carbons (Fsp3) is 0.438. The van der Waals surface area contributed by atoms with Gasteiger partial charge in [0.15, 0.2) is 11.6 Å². The minimum absolute atomic E-state index is 0.0469. The Kier molecular flexibility index (Phi) is 2.94. The number of nitrogens with one attached hydrogen (secondary N) is 1. The number of aryl methyl sites for hydroxylation is 1. The second-order valence-electron chi connectivity index (χ2n) is 5.81. The van der Waals surface area contributed by atoms with Gasteiger partial charge in [0.1, 0.15) is 0 Å². The molecule has 0 bridgehead atoms. The summed E-state index contributed by atoms with van der Waals surface area (Å²) in [6.45, 7) is 0.805. The zero-order valence-corrected chi connectivity index (χ0v) is 11.7. The predicted molar refractivity (Wildman–Crippen MR) is 76.5 cm³/mol. The normalized spacial score (nSPS) is 20.6. The van der Waals surface area contributed by atoms with Crippen LogP contribution in [0.5, 0.6) is 0 Å². The van der Waals surface area contributed by atoms with Crippen molar-refractivity contribution < 1.29 is 8.78 Å². The highest BCUT2D eigenvalue weighted by Crippen LogP contribution is 2.35. The highest BCUT2D eigenvalue weighted by Gasteiger charge is 2.29. The molecule has 110 valence electrons. The van der Waals surface area contributed by atoms with Crippen LogP contribution in [-0.4, -0.2) is 16.1 Å². The average Bonchev–Trinajstić information content (AvgIpc) is 2.88. The fourth-order valence-electron chi connectivity index (χ4n) is 3.51. The Hall–Kier alpha value is -1.91. The summed E-state index contributed by atoms with van der Waals surface area (Å²) in [7, 11) is 0. The lowest BCUT2D eigenvalue weighted by Crippen LogP contribution is -2.25. The van der Waals surface area contributed by atoms with E-state index in [9.17, 15) is 8.78 Å². The molecule has 5 heteroatoms. The molecule has 2 aromatic rings. The molecular weight excluding hydrogens is 272 g/mol. The highest BCUT2D eigenvalue weighted by molar-refractivity contribution is 5.41. The average molecular weight is 289 g/mol. The van der Waals surface area contributed by atoms with Crippen LogP contribution < -0.4 is 5.32 Å². The number of nitrogens with zero attached hydrogens (tertiary/aromatic N) is 2. The number of hydrogen-bond acceptors (Lipinski definition) is 2. The van der Waals surface area contributed by atoms with Gasteiger partial charge in [-0.05, 0) is 49.8 Å². The molecule has 3 nitrogen and oxygen atoms in total. The van der Waals surface area contributed by atoms with E-state index in [4.69, 9.17) is 4.98 Å². The van der Waals surface area contributed by atoms with Gasteiger partial charge in [-0.1, -0.05) is 6.07 Å². The number of benzene rings is 1. The zero-order valence-electron chi connectivity index (χ0n) is 11.7. The van der Waals surface area contributed by atoms with Crippen LogP contribution in [0.3, 0.4) is 0 Å². The molecule has 0 saturated heterocycles. The molecule has 21 heavy (non-hydrogen) atoms. The van der Waals surface area contributed by atoms with Crippen LogP contribution >= 0.6 is 0 Å². The molecule has 1 atom stereocenters. The van der Waals surface area contributed by atoms with Gasteiger partial charge in [0.25, 0.3) is 0 Å². The number of imidazole rings is 1. The molecular formula is C16H17F2N3. The topological polar surface area (TPSA) is 29.9 Å². The van der Waals surface area contributed by atoms with E-state index in [0.29, 0.717) is 0 Å². The van der Waals surface area contributed by atoms with Crippen molar-refractivity contribution in [2.45, 2.75) is 38.1 Å². The van der Waals surface area contributed by atoms with Crippen molar-refractivity contribution >= 4 is 5.95 Å². The van der Waals surface area contributed by atoms with E-state index in [1.54, 1.807) is 6.07 Å². The summed E-state index contributed by atoms with van der Waals surface area (Å²) < 4.78 is 28.9. The Labute approximate surface area is 122 Å². The van der Waals surface area contributed by atoms with E-state index in [0.717, 1.165) is 37.3 Å². The number of halogens is 2. The summed E-state index contributed by atoms with van der Waals surface area (Å²) in [5, 5.41) is 3.33. The first-order valence-corrected chi connectivity index (χ1v) is 7.53. The molecule has 1 N–H and O–H groups in total. The smallest absolute Gasteiger partial charge is 0.203 e. The Morgan fingerprint density at radius 2 is 2.00 bits per heavy atom. The molecule has 1 aliphatic carbocycles. The summed E-state index contributed by atoms with van der Waals surface area (Å²) in [4.78, 5) is 4.69. The van der Waals surface area contributed by atoms with Crippen molar-refractivity contribution in [2.24, 2.45) is 0 Å². The number of fused-ring (bicyclic) bond motifs is 3. The van der Waals surface area contributed by atoms with Crippen LogP contribution in [0.15, 0.2) is 18.2 Å². The van der Waals surface area contributed by atoms with Gasteiger partial charge >= 0.3 is 0 Å². The van der Waals surface area contributed by atoms with E-state index in [-0.39, 0.29) is 6.04 Å². The van der Waals surface area contributed by atoms with Gasteiger partial charge in [-0.2, -0.15) is 0 Å². The van der Waals surface area contributed by atoms with Gasteiger partial charge in [-0.15, -0.1) is 0 Å². The van der Waals surface area contributed by atoms with E-state index in [1.807, 2.05) is 0 Å². The third-order valence-electron chi connectivity index (χ3n) is 4.51. The first-order chi connectivity index (χ1) is 10.2. The molecule has 1 aromatic heterocycles. The molecule has 0 amide bonds. The maximum atomic E-state index is 13.6. The molecule has 0 fully saturated rings. The van der Waals surface area contributed by atoms with Crippen LogP contribution in [0.1, 0.15) is 42.3 Å². The van der Waals surface area contributed by atoms with E-state index in [2.05, 4.69) is 9.88 Å². The lowest BCUT2D eigenvalue weighted by molar-refractivity contribution is 0.482. The first-order valence-electron chi connectivity index (χ1n) is 7.53. The Bertz CT molecular complexity index is 693. The molecule has 0 saturated carbocycles. The molecule has 4 rings (SSSR count). The SMILES string of the molecule is Fc1ccc(C2CCNc3nc4c(n32)CCCC4)cc1F. The third kappa shape index (κ3) is 2.03. The second kappa shape index (κ2) is 4.83. The van der Waals surface area contributed by atoms with Crippen LogP contribution in [0, 0.1) is 11.6 Å². The van der Waals surface area contributed by atoms with Crippen LogP contribution in [0.25, 0.3) is 0 Å². The van der Waals surface area contributed by atoms with E-state index >= 15 is 0 Å². The minimum Gasteiger partial charge on any atom is -0.356 e. The van der Waals surface area contributed by atoms with Gasteiger partial charge < -0.3 is 9.88 Å². The second-order valence-corrected chi connectivity index (χ2v) is 5.81. The van der Waals surface area contributed by atoms with Crippen molar-refractivity contribution in [3.05, 3.63) is 46.8 Å². The molecule has 1 aromatic carbocycles. The van der Waals surface area contributed by atoms with Crippen LogP contribution in [0.2, 0.25) is 0 Å². The lowest BCUT2D eigenvalue weighted by atomic mass is 9.98. The predicted octanol–water partition coefficient (Wildman–Crippen LogP) is 3.45. The molecule has 2 aliphatic rings. The van der Waals surface area contributed by atoms with Gasteiger partial charge in [0.2, 0.25) is 5.95 Å². The van der Waals surface area contributed by atoms with Crippen molar-refractivity contribution in [3.8, 4) is 0 Å². The third-order valence-corrected chi connectivity index (χ3v) is 4.51. The van der Waals surface area contributed by atoms with Gasteiger partial charge in [-0.3, -0.25) is 0 Å². The minimum atomic E-state index is -0.791. The number of rotatable bonds is 1. The lowest BCUT2D eigenvalue weighted by Gasteiger charge is -2.29. The first kappa shape index (κ1) is 12.8. The van der Waals surface area contributed by atoms with Gasteiger partial charge in [-0.25, -0.2) is 13.8 Å². The number of aromatic nitrogens is 2. The summed E-state index contributed by atoms with van der Waals surface area (Å²) in [6.07, 6.45) is 5.24. The summed E-state index contributed by atoms with van der Waals surface area (Å²) in [5.41, 5.74) is 3.25. The zero-order chi connectivity index (χ0) is 14.4. The van der Waals surface area contributed by atoms with E-state index < -0.39 is 11.6 Å². The Morgan fingerprint density at radius 3 is 2.86 bits per heavy atom. The highest BCUT2D eigenvalue weighted by atomic mass is 19.2. The van der Waals surface area contributed by atoms with Gasteiger partial charge in [0.05, 0.1) is 11.7 Å². The van der Waals surface area contributed by atoms with Crippen molar-refractivity contribution in [1.82, 2.24) is 9.55 Å². The maximum absolute atomic E-state index is 13.6. The van der Waals surface area contributed by atoms with Crippen molar-refractivity contribution in [1.29, 1.82) is 0 Å². The summed E-state index contributed by atoms with van der Waals surface area (Å²) in [5.74, 6) is -0.690. The Morgan fingerprint density at radius 1 is 1.14 bits per heavy atom. The van der Waals surface area contributed by atoms with Crippen molar-refractivity contribution in [3.63, 3.8) is 0 Å². The molecule has 2 heterocycles. The van der Waals surface area contributed by atoms with Gasteiger partial charge in [0, 0.05) is 12.2 Å². The largest absolute Gasteiger partial charge is 0.356 e. The molecule has 0 radical (unpaired) electrons.